The molecule has 0 saturated carbocycles. The van der Waals surface area contributed by atoms with Crippen LogP contribution in [-0.2, 0) is 4.79 Å². The van der Waals surface area contributed by atoms with Crippen LogP contribution in [0.25, 0.3) is 0 Å². The number of aliphatic hydroxyl groups excluding tert-OH is 1. The molecule has 1 aliphatic rings. The minimum absolute atomic E-state index is 0.000897. The van der Waals surface area contributed by atoms with Crippen molar-refractivity contribution in [3.63, 3.8) is 0 Å². The number of carbonyl (C=O) groups is 1. The van der Waals surface area contributed by atoms with Crippen LogP contribution >= 0.6 is 0 Å². The van der Waals surface area contributed by atoms with Gasteiger partial charge in [-0.1, -0.05) is 25.1 Å². The maximum Gasteiger partial charge on any atom is 0.168 e. The molecule has 1 aromatic carbocycles. The third kappa shape index (κ3) is 2.44. The Balaban J connectivity index is 2.38. The van der Waals surface area contributed by atoms with Crippen molar-refractivity contribution in [1.29, 1.82) is 0 Å². The number of ketones is 1. The largest absolute Gasteiger partial charge is 0.511 e. The highest BCUT2D eigenvalue weighted by Crippen LogP contribution is 2.25. The molecular weight excluding hydrogens is 214 g/mol. The average Bonchev–Trinajstić information content (AvgIpc) is 2.68. The highest BCUT2D eigenvalue weighted by molar-refractivity contribution is 6.24. The Morgan fingerprint density at radius 1 is 1.29 bits per heavy atom. The quantitative estimate of drug-likeness (QED) is 0.808. The van der Waals surface area contributed by atoms with Gasteiger partial charge in [0.2, 0.25) is 0 Å². The zero-order chi connectivity index (χ0) is 12.3. The van der Waals surface area contributed by atoms with Crippen LogP contribution in [0, 0.1) is 0 Å². The van der Waals surface area contributed by atoms with E-state index in [0.717, 1.165) is 5.69 Å². The van der Waals surface area contributed by atoms with Gasteiger partial charge in [-0.15, -0.1) is 0 Å². The first-order valence-electron chi connectivity index (χ1n) is 5.80. The van der Waals surface area contributed by atoms with E-state index in [1.54, 1.807) is 0 Å². The number of nitrogens with zero attached hydrogens (tertiary/aromatic N) is 1. The minimum Gasteiger partial charge on any atom is -0.511 e. The standard InChI is InChI=1S/C14H15NO2/c1-2-11(14-12(16)8-9-13(14)17)15-10-6-4-3-5-7-10/h3-7,16H,2,8-9H2,1H3. The van der Waals surface area contributed by atoms with Crippen LogP contribution in [0.2, 0.25) is 0 Å². The van der Waals surface area contributed by atoms with E-state index in [9.17, 15) is 9.90 Å². The van der Waals surface area contributed by atoms with E-state index in [1.165, 1.54) is 0 Å². The fraction of sp³-hybridized carbons (Fsp3) is 0.286. The molecule has 0 fully saturated rings. The second kappa shape index (κ2) is 4.95. The summed E-state index contributed by atoms with van der Waals surface area (Å²) in [4.78, 5) is 16.1. The molecule has 1 N–H and O–H groups in total. The Bertz CT molecular complexity index is 486. The van der Waals surface area contributed by atoms with Crippen molar-refractivity contribution >= 4 is 17.2 Å². The van der Waals surface area contributed by atoms with Gasteiger partial charge in [0.05, 0.1) is 17.0 Å². The first-order valence-corrected chi connectivity index (χ1v) is 5.80. The SMILES string of the molecule is CCC(=Nc1ccccc1)C1=C(O)CCC1=O. The number of benzene rings is 1. The van der Waals surface area contributed by atoms with Crippen LogP contribution in [-0.4, -0.2) is 16.6 Å². The van der Waals surface area contributed by atoms with Gasteiger partial charge in [0.15, 0.2) is 5.78 Å². The number of hydrogen-bond acceptors (Lipinski definition) is 3. The van der Waals surface area contributed by atoms with E-state index >= 15 is 0 Å². The number of para-hydroxylation sites is 1. The average molecular weight is 229 g/mol. The Hall–Kier alpha value is -1.90. The van der Waals surface area contributed by atoms with Gasteiger partial charge >= 0.3 is 0 Å². The lowest BCUT2D eigenvalue weighted by Gasteiger charge is -2.04. The highest BCUT2D eigenvalue weighted by atomic mass is 16.3. The van der Waals surface area contributed by atoms with E-state index in [0.29, 0.717) is 30.5 Å². The number of allylic oxidation sites excluding steroid dienone is 2. The fourth-order valence-corrected chi connectivity index (χ4v) is 1.94. The fourth-order valence-electron chi connectivity index (χ4n) is 1.94. The Labute approximate surface area is 101 Å². The summed E-state index contributed by atoms with van der Waals surface area (Å²) in [5.41, 5.74) is 1.91. The Morgan fingerprint density at radius 2 is 2.00 bits per heavy atom. The third-order valence-electron chi connectivity index (χ3n) is 2.80. The predicted octanol–water partition coefficient (Wildman–Crippen LogP) is 3.34. The van der Waals surface area contributed by atoms with Crippen molar-refractivity contribution in [2.75, 3.05) is 0 Å². The second-order valence-corrected chi connectivity index (χ2v) is 3.99. The lowest BCUT2D eigenvalue weighted by atomic mass is 10.1. The molecular formula is C14H15NO2. The molecule has 2 rings (SSSR count). The lowest BCUT2D eigenvalue weighted by molar-refractivity contribution is -0.114. The van der Waals surface area contributed by atoms with Crippen molar-refractivity contribution < 1.29 is 9.90 Å². The summed E-state index contributed by atoms with van der Waals surface area (Å²) in [6.45, 7) is 1.94. The summed E-state index contributed by atoms with van der Waals surface area (Å²) in [6.07, 6.45) is 1.48. The molecule has 0 atom stereocenters. The van der Waals surface area contributed by atoms with E-state index < -0.39 is 0 Å². The smallest absolute Gasteiger partial charge is 0.168 e. The van der Waals surface area contributed by atoms with Crippen molar-refractivity contribution in [2.45, 2.75) is 26.2 Å². The van der Waals surface area contributed by atoms with Crippen molar-refractivity contribution in [1.82, 2.24) is 0 Å². The molecule has 17 heavy (non-hydrogen) atoms. The van der Waals surface area contributed by atoms with Crippen LogP contribution in [0.15, 0.2) is 46.7 Å². The van der Waals surface area contributed by atoms with E-state index in [4.69, 9.17) is 0 Å². The van der Waals surface area contributed by atoms with E-state index in [2.05, 4.69) is 4.99 Å². The van der Waals surface area contributed by atoms with Gasteiger partial charge in [-0.2, -0.15) is 0 Å². The lowest BCUT2D eigenvalue weighted by Crippen LogP contribution is -2.09. The van der Waals surface area contributed by atoms with Crippen LogP contribution in [0.4, 0.5) is 5.69 Å². The molecule has 88 valence electrons. The molecule has 1 aliphatic carbocycles. The summed E-state index contributed by atoms with van der Waals surface area (Å²) in [5.74, 6) is 0.186. The summed E-state index contributed by atoms with van der Waals surface area (Å²) in [6, 6.07) is 9.48. The summed E-state index contributed by atoms with van der Waals surface area (Å²) in [5, 5.41) is 9.72. The van der Waals surface area contributed by atoms with Crippen LogP contribution in [0.3, 0.4) is 0 Å². The molecule has 0 aliphatic heterocycles. The first kappa shape index (κ1) is 11.6. The minimum atomic E-state index is -0.000897. The summed E-state index contributed by atoms with van der Waals surface area (Å²) < 4.78 is 0. The maximum absolute atomic E-state index is 11.7. The van der Waals surface area contributed by atoms with Crippen molar-refractivity contribution in [3.8, 4) is 0 Å². The van der Waals surface area contributed by atoms with Gasteiger partial charge in [0.1, 0.15) is 5.76 Å². The normalized spacial score (nSPS) is 16.8. The van der Waals surface area contributed by atoms with Crippen LogP contribution in [0.5, 0.6) is 0 Å². The number of aliphatic imine (C=N–C) groups is 1. The van der Waals surface area contributed by atoms with E-state index in [-0.39, 0.29) is 11.5 Å². The number of carbonyl (C=O) groups excluding carboxylic acids is 1. The van der Waals surface area contributed by atoms with Crippen molar-refractivity contribution in [3.05, 3.63) is 41.7 Å². The molecule has 0 aromatic heterocycles. The Kier molecular flexibility index (Phi) is 3.38. The predicted molar refractivity (Wildman–Crippen MR) is 67.7 cm³/mol. The van der Waals surface area contributed by atoms with Gasteiger partial charge < -0.3 is 5.11 Å². The Morgan fingerprint density at radius 3 is 2.53 bits per heavy atom. The molecule has 0 spiro atoms. The van der Waals surface area contributed by atoms with Gasteiger partial charge in [-0.25, -0.2) is 0 Å². The van der Waals surface area contributed by atoms with Gasteiger partial charge in [0.25, 0.3) is 0 Å². The molecule has 0 saturated heterocycles. The highest BCUT2D eigenvalue weighted by Gasteiger charge is 2.25. The molecule has 0 radical (unpaired) electrons. The third-order valence-corrected chi connectivity index (χ3v) is 2.80. The molecule has 0 heterocycles. The molecule has 0 bridgehead atoms. The maximum atomic E-state index is 11.7. The molecule has 0 amide bonds. The number of rotatable bonds is 3. The second-order valence-electron chi connectivity index (χ2n) is 3.99. The number of Topliss-reactive ketones (excluding diaryl/α,β-unsaturated/α-hetero) is 1. The summed E-state index contributed by atoms with van der Waals surface area (Å²) >= 11 is 0. The molecule has 1 aromatic rings. The monoisotopic (exact) mass is 229 g/mol. The van der Waals surface area contributed by atoms with Crippen LogP contribution < -0.4 is 0 Å². The van der Waals surface area contributed by atoms with E-state index in [1.807, 2.05) is 37.3 Å². The topological polar surface area (TPSA) is 49.7 Å². The van der Waals surface area contributed by atoms with Gasteiger partial charge in [0, 0.05) is 12.8 Å². The van der Waals surface area contributed by atoms with Gasteiger partial charge in [-0.05, 0) is 18.6 Å². The first-order chi connectivity index (χ1) is 8.22. The number of aliphatic hydroxyl groups is 1. The molecule has 3 heteroatoms. The zero-order valence-electron chi connectivity index (χ0n) is 9.81. The van der Waals surface area contributed by atoms with Crippen molar-refractivity contribution in [2.24, 2.45) is 4.99 Å². The summed E-state index contributed by atoms with van der Waals surface area (Å²) in [7, 11) is 0. The molecule has 0 unspecified atom stereocenters. The van der Waals surface area contributed by atoms with Gasteiger partial charge in [-0.3, -0.25) is 9.79 Å². The van der Waals surface area contributed by atoms with Crippen LogP contribution in [0.1, 0.15) is 26.2 Å². The molecule has 3 nitrogen and oxygen atoms in total. The number of hydrogen-bond donors (Lipinski definition) is 1. The zero-order valence-corrected chi connectivity index (χ0v) is 9.81.